The van der Waals surface area contributed by atoms with Crippen molar-refractivity contribution >= 4 is 11.9 Å². The lowest BCUT2D eigenvalue weighted by Gasteiger charge is -2.14. The molecule has 0 aromatic carbocycles. The molecule has 6 nitrogen and oxygen atoms in total. The molecule has 0 saturated carbocycles. The van der Waals surface area contributed by atoms with Crippen LogP contribution >= 0.6 is 0 Å². The van der Waals surface area contributed by atoms with Crippen LogP contribution in [0.3, 0.4) is 0 Å². The van der Waals surface area contributed by atoms with Crippen LogP contribution in [0.2, 0.25) is 0 Å². The molecule has 0 saturated heterocycles. The monoisotopic (exact) mass is 197 g/mol. The SMILES string of the molecule is CC(C)OC(C)c1nc(N)nc(N)n1. The third kappa shape index (κ3) is 2.81. The quantitative estimate of drug-likeness (QED) is 0.732. The molecule has 1 aromatic heterocycles. The second kappa shape index (κ2) is 4.19. The van der Waals surface area contributed by atoms with Crippen LogP contribution < -0.4 is 11.5 Å². The van der Waals surface area contributed by atoms with Crippen molar-refractivity contribution < 1.29 is 4.74 Å². The summed E-state index contributed by atoms with van der Waals surface area (Å²) in [5, 5.41) is 0. The van der Waals surface area contributed by atoms with Crippen molar-refractivity contribution in [1.29, 1.82) is 0 Å². The second-order valence-corrected chi connectivity index (χ2v) is 3.24. The molecule has 78 valence electrons. The Balaban J connectivity index is 2.84. The molecule has 0 aliphatic carbocycles. The Bertz CT molecular complexity index is 294. The van der Waals surface area contributed by atoms with Crippen LogP contribution in [0.5, 0.6) is 0 Å². The lowest BCUT2D eigenvalue weighted by molar-refractivity contribution is 0.0129. The number of hydrogen-bond acceptors (Lipinski definition) is 6. The molecule has 1 heterocycles. The Morgan fingerprint density at radius 1 is 1.00 bits per heavy atom. The highest BCUT2D eigenvalue weighted by atomic mass is 16.5. The van der Waals surface area contributed by atoms with E-state index >= 15 is 0 Å². The van der Waals surface area contributed by atoms with Gasteiger partial charge in [0.05, 0.1) is 6.10 Å². The summed E-state index contributed by atoms with van der Waals surface area (Å²) in [5.41, 5.74) is 10.9. The number of nitrogens with zero attached hydrogens (tertiary/aromatic N) is 3. The molecule has 1 aromatic rings. The molecule has 0 fully saturated rings. The van der Waals surface area contributed by atoms with Crippen molar-refractivity contribution in [3.8, 4) is 0 Å². The summed E-state index contributed by atoms with van der Waals surface area (Å²) >= 11 is 0. The van der Waals surface area contributed by atoms with Crippen molar-refractivity contribution in [1.82, 2.24) is 15.0 Å². The van der Waals surface area contributed by atoms with Gasteiger partial charge in [-0.05, 0) is 20.8 Å². The standard InChI is InChI=1S/C8H15N5O/c1-4(2)14-5(3)6-11-7(9)13-8(10)12-6/h4-5H,1-3H3,(H4,9,10,11,12,13). The van der Waals surface area contributed by atoms with Crippen LogP contribution in [-0.4, -0.2) is 21.1 Å². The number of nitrogens with two attached hydrogens (primary N) is 2. The Kier molecular flexibility index (Phi) is 3.19. The van der Waals surface area contributed by atoms with Gasteiger partial charge in [-0.2, -0.15) is 15.0 Å². The van der Waals surface area contributed by atoms with E-state index in [-0.39, 0.29) is 24.1 Å². The first-order chi connectivity index (χ1) is 6.49. The van der Waals surface area contributed by atoms with Crippen molar-refractivity contribution in [2.24, 2.45) is 0 Å². The number of hydrogen-bond donors (Lipinski definition) is 2. The maximum absolute atomic E-state index is 5.48. The topological polar surface area (TPSA) is 99.9 Å². The largest absolute Gasteiger partial charge is 0.368 e. The minimum atomic E-state index is -0.234. The normalized spacial score (nSPS) is 13.1. The minimum Gasteiger partial charge on any atom is -0.368 e. The summed E-state index contributed by atoms with van der Waals surface area (Å²) in [4.78, 5) is 11.5. The van der Waals surface area contributed by atoms with Gasteiger partial charge >= 0.3 is 0 Å². The van der Waals surface area contributed by atoms with Crippen LogP contribution in [0.4, 0.5) is 11.9 Å². The molecule has 0 bridgehead atoms. The maximum atomic E-state index is 5.48. The van der Waals surface area contributed by atoms with E-state index in [1.54, 1.807) is 0 Å². The molecule has 6 heteroatoms. The van der Waals surface area contributed by atoms with E-state index in [2.05, 4.69) is 15.0 Å². The van der Waals surface area contributed by atoms with E-state index in [4.69, 9.17) is 16.2 Å². The Morgan fingerprint density at radius 2 is 1.50 bits per heavy atom. The van der Waals surface area contributed by atoms with Gasteiger partial charge in [0.15, 0.2) is 5.82 Å². The third-order valence-corrected chi connectivity index (χ3v) is 1.53. The van der Waals surface area contributed by atoms with Crippen LogP contribution in [0, 0.1) is 0 Å². The number of aromatic nitrogens is 3. The Morgan fingerprint density at radius 3 is 1.93 bits per heavy atom. The zero-order valence-electron chi connectivity index (χ0n) is 8.56. The molecule has 14 heavy (non-hydrogen) atoms. The fourth-order valence-corrected chi connectivity index (χ4v) is 1.08. The molecule has 0 radical (unpaired) electrons. The summed E-state index contributed by atoms with van der Waals surface area (Å²) in [6.07, 6.45) is -0.133. The van der Waals surface area contributed by atoms with Crippen molar-refractivity contribution in [2.75, 3.05) is 11.5 Å². The van der Waals surface area contributed by atoms with E-state index in [0.29, 0.717) is 5.82 Å². The highest BCUT2D eigenvalue weighted by molar-refractivity contribution is 5.26. The first-order valence-electron chi connectivity index (χ1n) is 4.41. The van der Waals surface area contributed by atoms with Crippen molar-refractivity contribution in [3.63, 3.8) is 0 Å². The molecule has 0 aliphatic heterocycles. The van der Waals surface area contributed by atoms with Gasteiger partial charge in [0.25, 0.3) is 0 Å². The van der Waals surface area contributed by atoms with Crippen LogP contribution in [0.15, 0.2) is 0 Å². The van der Waals surface area contributed by atoms with Crippen LogP contribution in [-0.2, 0) is 4.74 Å². The number of rotatable bonds is 3. The van der Waals surface area contributed by atoms with Gasteiger partial charge in [0.1, 0.15) is 6.10 Å². The highest BCUT2D eigenvalue weighted by Gasteiger charge is 2.12. The zero-order valence-corrected chi connectivity index (χ0v) is 8.56. The summed E-state index contributed by atoms with van der Waals surface area (Å²) in [7, 11) is 0. The fraction of sp³-hybridized carbons (Fsp3) is 0.625. The minimum absolute atomic E-state index is 0.101. The number of nitrogen functional groups attached to an aromatic ring is 2. The van der Waals surface area contributed by atoms with Gasteiger partial charge in [-0.15, -0.1) is 0 Å². The van der Waals surface area contributed by atoms with Gasteiger partial charge in [-0.3, -0.25) is 0 Å². The van der Waals surface area contributed by atoms with E-state index < -0.39 is 0 Å². The first kappa shape index (κ1) is 10.6. The molecule has 0 spiro atoms. The Labute approximate surface area is 82.7 Å². The lowest BCUT2D eigenvalue weighted by Crippen LogP contribution is -2.14. The second-order valence-electron chi connectivity index (χ2n) is 3.24. The third-order valence-electron chi connectivity index (χ3n) is 1.53. The zero-order chi connectivity index (χ0) is 10.7. The van der Waals surface area contributed by atoms with E-state index in [0.717, 1.165) is 0 Å². The van der Waals surface area contributed by atoms with E-state index in [1.165, 1.54) is 0 Å². The molecule has 1 unspecified atom stereocenters. The predicted octanol–water partition coefficient (Wildman–Crippen LogP) is 0.522. The average Bonchev–Trinajstić information content (AvgIpc) is 2.00. The van der Waals surface area contributed by atoms with Gasteiger partial charge in [-0.1, -0.05) is 0 Å². The average molecular weight is 197 g/mol. The van der Waals surface area contributed by atoms with Crippen molar-refractivity contribution in [3.05, 3.63) is 5.82 Å². The van der Waals surface area contributed by atoms with Gasteiger partial charge in [0.2, 0.25) is 11.9 Å². The molecule has 0 amide bonds. The van der Waals surface area contributed by atoms with Crippen molar-refractivity contribution in [2.45, 2.75) is 33.0 Å². The summed E-state index contributed by atoms with van der Waals surface area (Å²) in [5.74, 6) is 0.696. The highest BCUT2D eigenvalue weighted by Crippen LogP contribution is 2.15. The van der Waals surface area contributed by atoms with Gasteiger partial charge in [0, 0.05) is 0 Å². The Hall–Kier alpha value is -1.43. The number of anilines is 2. The summed E-state index contributed by atoms with van der Waals surface area (Å²) in [6, 6.07) is 0. The fourth-order valence-electron chi connectivity index (χ4n) is 1.08. The lowest BCUT2D eigenvalue weighted by atomic mass is 10.3. The smallest absolute Gasteiger partial charge is 0.225 e. The first-order valence-corrected chi connectivity index (χ1v) is 4.41. The predicted molar refractivity (Wildman–Crippen MR) is 53.3 cm³/mol. The molecule has 1 rings (SSSR count). The summed E-state index contributed by atoms with van der Waals surface area (Å²) < 4.78 is 5.48. The van der Waals surface area contributed by atoms with Crippen LogP contribution in [0.1, 0.15) is 32.7 Å². The summed E-state index contributed by atoms with van der Waals surface area (Å²) in [6.45, 7) is 5.71. The van der Waals surface area contributed by atoms with Gasteiger partial charge in [-0.25, -0.2) is 0 Å². The molecule has 1 atom stereocenters. The van der Waals surface area contributed by atoms with Crippen LogP contribution in [0.25, 0.3) is 0 Å². The molecule has 4 N–H and O–H groups in total. The molecule has 0 aliphatic rings. The molecular formula is C8H15N5O. The maximum Gasteiger partial charge on any atom is 0.225 e. The molecular weight excluding hydrogens is 182 g/mol. The van der Waals surface area contributed by atoms with Gasteiger partial charge < -0.3 is 16.2 Å². The number of ether oxygens (including phenoxy) is 1. The van der Waals surface area contributed by atoms with E-state index in [1.807, 2.05) is 20.8 Å². The van der Waals surface area contributed by atoms with E-state index in [9.17, 15) is 0 Å².